The van der Waals surface area contributed by atoms with Crippen molar-refractivity contribution in [1.29, 1.82) is 0 Å². The van der Waals surface area contributed by atoms with E-state index in [2.05, 4.69) is 0 Å². The molecule has 4 N–H and O–H groups in total. The summed E-state index contributed by atoms with van der Waals surface area (Å²) in [7, 11) is 0. The highest BCUT2D eigenvalue weighted by molar-refractivity contribution is 5.46. The first-order valence-electron chi connectivity index (χ1n) is 10.2. The van der Waals surface area contributed by atoms with Gasteiger partial charge in [-0.2, -0.15) is 0 Å². The number of quaternary nitrogens is 2. The second kappa shape index (κ2) is 10.3. The lowest BCUT2D eigenvalue weighted by atomic mass is 10.2. The lowest BCUT2D eigenvalue weighted by Crippen LogP contribution is -3.29. The summed E-state index contributed by atoms with van der Waals surface area (Å²) >= 11 is 0. The Morgan fingerprint density at radius 2 is 1.54 bits per heavy atom. The molecule has 2 heterocycles. The van der Waals surface area contributed by atoms with E-state index in [0.29, 0.717) is 24.7 Å². The highest BCUT2D eigenvalue weighted by atomic mass is 16.7. The number of aliphatic hydroxyl groups excluding tert-OH is 2. The van der Waals surface area contributed by atoms with Crippen LogP contribution in [0.25, 0.3) is 0 Å². The molecule has 8 heteroatoms. The Labute approximate surface area is 166 Å². The number of ether oxygens (including phenoxy) is 4. The smallest absolute Gasteiger partial charge is 0.231 e. The number of aliphatic hydroxyl groups is 2. The molecule has 0 saturated carbocycles. The van der Waals surface area contributed by atoms with Gasteiger partial charge in [0, 0.05) is 6.07 Å². The van der Waals surface area contributed by atoms with Crippen LogP contribution in [0, 0.1) is 0 Å². The second-order valence-corrected chi connectivity index (χ2v) is 7.92. The Bertz CT molecular complexity index is 606. The predicted octanol–water partition coefficient (Wildman–Crippen LogP) is -2.28. The van der Waals surface area contributed by atoms with E-state index in [1.165, 1.54) is 9.80 Å². The lowest BCUT2D eigenvalue weighted by molar-refractivity contribution is -1.01. The number of hydrogen-bond acceptors (Lipinski definition) is 6. The molecule has 1 saturated heterocycles. The largest absolute Gasteiger partial charge is 0.491 e. The van der Waals surface area contributed by atoms with Crippen molar-refractivity contribution in [2.24, 2.45) is 0 Å². The fraction of sp³-hybridized carbons (Fsp3) is 0.700. The molecule has 3 rings (SSSR count). The van der Waals surface area contributed by atoms with Crippen LogP contribution in [0.15, 0.2) is 18.2 Å². The van der Waals surface area contributed by atoms with Gasteiger partial charge in [-0.25, -0.2) is 0 Å². The van der Waals surface area contributed by atoms with Crippen LogP contribution in [0.1, 0.15) is 13.8 Å². The number of rotatable bonds is 10. The summed E-state index contributed by atoms with van der Waals surface area (Å²) in [5.74, 6) is 2.07. The van der Waals surface area contributed by atoms with Crippen LogP contribution in [0.5, 0.6) is 17.2 Å². The monoisotopic (exact) mass is 398 g/mol. The third-order valence-corrected chi connectivity index (χ3v) is 5.12. The maximum absolute atomic E-state index is 10.3. The average molecular weight is 399 g/mol. The van der Waals surface area contributed by atoms with Gasteiger partial charge in [-0.05, 0) is 26.0 Å². The molecule has 2 aliphatic heterocycles. The van der Waals surface area contributed by atoms with Gasteiger partial charge in [-0.15, -0.1) is 0 Å². The molecular formula is C20H34N2O6+2. The first-order valence-corrected chi connectivity index (χ1v) is 10.2. The van der Waals surface area contributed by atoms with Crippen molar-refractivity contribution in [3.05, 3.63) is 18.2 Å². The molecule has 0 radical (unpaired) electrons. The van der Waals surface area contributed by atoms with Gasteiger partial charge in [-0.1, -0.05) is 0 Å². The van der Waals surface area contributed by atoms with E-state index in [1.807, 2.05) is 26.0 Å². The minimum atomic E-state index is -0.521. The van der Waals surface area contributed by atoms with Crippen molar-refractivity contribution in [2.75, 3.05) is 59.3 Å². The number of fused-ring (bicyclic) bond motifs is 1. The summed E-state index contributed by atoms with van der Waals surface area (Å²) in [5.41, 5.74) is 0. The third kappa shape index (κ3) is 6.49. The van der Waals surface area contributed by atoms with Gasteiger partial charge in [0.15, 0.2) is 11.5 Å². The van der Waals surface area contributed by atoms with Crippen molar-refractivity contribution in [1.82, 2.24) is 0 Å². The fourth-order valence-corrected chi connectivity index (χ4v) is 3.61. The topological polar surface area (TPSA) is 86.3 Å². The summed E-state index contributed by atoms with van der Waals surface area (Å²) in [6, 6.07) is 5.43. The number of hydrogen-bond donors (Lipinski definition) is 4. The fourth-order valence-electron chi connectivity index (χ4n) is 3.61. The lowest BCUT2D eigenvalue weighted by Gasteiger charge is -2.31. The summed E-state index contributed by atoms with van der Waals surface area (Å²) < 4.78 is 21.8. The first-order chi connectivity index (χ1) is 13.5. The number of piperazine rings is 1. The SMILES string of the molecule is CC(C)OC[C@@H](O)C[NH+]1CC[NH+](C[C@@H](O)COc2ccc3c(c2)OCO3)CC1. The summed E-state index contributed by atoms with van der Waals surface area (Å²) in [6.07, 6.45) is -0.793. The zero-order valence-corrected chi connectivity index (χ0v) is 16.9. The molecule has 0 aliphatic carbocycles. The van der Waals surface area contributed by atoms with E-state index in [1.54, 1.807) is 6.07 Å². The average Bonchev–Trinajstić information content (AvgIpc) is 3.14. The van der Waals surface area contributed by atoms with Crippen molar-refractivity contribution in [2.45, 2.75) is 32.2 Å². The molecular weight excluding hydrogens is 364 g/mol. The predicted molar refractivity (Wildman–Crippen MR) is 102 cm³/mol. The van der Waals surface area contributed by atoms with Crippen LogP contribution in [0.4, 0.5) is 0 Å². The maximum atomic E-state index is 10.3. The Kier molecular flexibility index (Phi) is 7.75. The van der Waals surface area contributed by atoms with E-state index >= 15 is 0 Å². The molecule has 0 aromatic heterocycles. The minimum absolute atomic E-state index is 0.146. The van der Waals surface area contributed by atoms with E-state index < -0.39 is 12.2 Å². The van der Waals surface area contributed by atoms with Gasteiger partial charge in [0.05, 0.1) is 12.7 Å². The minimum Gasteiger partial charge on any atom is -0.491 e. The number of nitrogens with one attached hydrogen (secondary N) is 2. The molecule has 0 amide bonds. The number of benzene rings is 1. The molecule has 0 spiro atoms. The Morgan fingerprint density at radius 1 is 0.929 bits per heavy atom. The van der Waals surface area contributed by atoms with Crippen LogP contribution in [0.2, 0.25) is 0 Å². The van der Waals surface area contributed by atoms with E-state index in [0.717, 1.165) is 38.5 Å². The van der Waals surface area contributed by atoms with Gasteiger partial charge in [0.2, 0.25) is 6.79 Å². The molecule has 2 aliphatic rings. The maximum Gasteiger partial charge on any atom is 0.231 e. The van der Waals surface area contributed by atoms with Gasteiger partial charge in [0.25, 0.3) is 0 Å². The van der Waals surface area contributed by atoms with Crippen molar-refractivity contribution >= 4 is 0 Å². The van der Waals surface area contributed by atoms with Crippen molar-refractivity contribution in [3.63, 3.8) is 0 Å². The Morgan fingerprint density at radius 3 is 2.18 bits per heavy atom. The normalized spacial score (nSPS) is 23.6. The highest BCUT2D eigenvalue weighted by Gasteiger charge is 2.27. The molecule has 0 unspecified atom stereocenters. The van der Waals surface area contributed by atoms with E-state index in [9.17, 15) is 10.2 Å². The summed E-state index contributed by atoms with van der Waals surface area (Å²) in [5, 5.41) is 20.4. The molecule has 1 aromatic carbocycles. The zero-order valence-electron chi connectivity index (χ0n) is 16.9. The molecule has 158 valence electrons. The zero-order chi connectivity index (χ0) is 19.9. The summed E-state index contributed by atoms with van der Waals surface area (Å²) in [4.78, 5) is 2.77. The van der Waals surface area contributed by atoms with Gasteiger partial charge >= 0.3 is 0 Å². The van der Waals surface area contributed by atoms with Gasteiger partial charge < -0.3 is 39.0 Å². The van der Waals surface area contributed by atoms with Gasteiger partial charge in [-0.3, -0.25) is 0 Å². The van der Waals surface area contributed by atoms with E-state index in [4.69, 9.17) is 18.9 Å². The molecule has 8 nitrogen and oxygen atoms in total. The van der Waals surface area contributed by atoms with Crippen LogP contribution in [-0.2, 0) is 4.74 Å². The summed E-state index contributed by atoms with van der Waals surface area (Å²) in [6.45, 7) is 10.2. The van der Waals surface area contributed by atoms with Crippen LogP contribution < -0.4 is 24.0 Å². The van der Waals surface area contributed by atoms with Crippen molar-refractivity contribution < 1.29 is 39.0 Å². The molecule has 2 atom stereocenters. The third-order valence-electron chi connectivity index (χ3n) is 5.12. The van der Waals surface area contributed by atoms with E-state index in [-0.39, 0.29) is 19.5 Å². The Hall–Kier alpha value is -1.58. The van der Waals surface area contributed by atoms with Crippen LogP contribution in [0.3, 0.4) is 0 Å². The standard InChI is InChI=1S/C20H32N2O6/c1-15(2)25-12-16(23)10-21-5-7-22(8-6-21)11-17(24)13-26-18-3-4-19-20(9-18)28-14-27-19/h3-4,9,15-17,23-24H,5-8,10-14H2,1-2H3/p+2/t16-,17+/m0/s1. The first kappa shape index (κ1) is 21.1. The van der Waals surface area contributed by atoms with Crippen molar-refractivity contribution in [3.8, 4) is 17.2 Å². The van der Waals surface area contributed by atoms with Crippen LogP contribution >= 0.6 is 0 Å². The quantitative estimate of drug-likeness (QED) is 0.356. The van der Waals surface area contributed by atoms with Gasteiger partial charge in [0.1, 0.15) is 63.8 Å². The Balaban J connectivity index is 1.32. The molecule has 0 bridgehead atoms. The van der Waals surface area contributed by atoms with Crippen LogP contribution in [-0.4, -0.2) is 87.8 Å². The molecule has 1 fully saturated rings. The second-order valence-electron chi connectivity index (χ2n) is 7.92. The molecule has 1 aromatic rings. The molecule has 28 heavy (non-hydrogen) atoms. The highest BCUT2D eigenvalue weighted by Crippen LogP contribution is 2.35.